The van der Waals surface area contributed by atoms with Crippen molar-refractivity contribution in [3.63, 3.8) is 0 Å². The van der Waals surface area contributed by atoms with E-state index in [0.717, 1.165) is 10.8 Å². The molecule has 0 bridgehead atoms. The van der Waals surface area contributed by atoms with Gasteiger partial charge in [0.15, 0.2) is 5.17 Å². The van der Waals surface area contributed by atoms with E-state index in [-0.39, 0.29) is 20.8 Å². The molecule has 0 rings (SSSR count). The first kappa shape index (κ1) is 14.9. The van der Waals surface area contributed by atoms with E-state index in [4.69, 9.17) is 33.5 Å². The summed E-state index contributed by atoms with van der Waals surface area (Å²) in [5, 5.41) is 15.2. The number of nitrogens with two attached hydrogens (primary N) is 2. The first-order valence-corrected chi connectivity index (χ1v) is 9.03. The summed E-state index contributed by atoms with van der Waals surface area (Å²) in [6, 6.07) is 0. The maximum atomic E-state index is 7.80. The highest BCUT2D eigenvalue weighted by Gasteiger charge is 2.44. The monoisotopic (exact) mass is 268 g/mol. The van der Waals surface area contributed by atoms with Crippen molar-refractivity contribution in [3.8, 4) is 0 Å². The lowest BCUT2D eigenvalue weighted by molar-refractivity contribution is 1.03. The van der Waals surface area contributed by atoms with Gasteiger partial charge in [0.25, 0.3) is 0 Å². The minimum atomic E-state index is -2.78. The zero-order valence-corrected chi connectivity index (χ0v) is 12.0. The van der Waals surface area contributed by atoms with Crippen molar-refractivity contribution in [2.24, 2.45) is 11.5 Å². The van der Waals surface area contributed by atoms with Gasteiger partial charge in [-0.25, -0.2) is 0 Å². The van der Waals surface area contributed by atoms with Gasteiger partial charge in [-0.15, -0.1) is 0 Å². The SMILES string of the molecule is CC(C)S(=S)(SC(=N)N)(C(=N)N)C(C)C. The Hall–Kier alpha value is -0.140. The van der Waals surface area contributed by atoms with E-state index in [1.807, 2.05) is 27.7 Å². The van der Waals surface area contributed by atoms with Crippen LogP contribution in [-0.2, 0) is 17.9 Å². The minimum absolute atomic E-state index is 0.00667. The summed E-state index contributed by atoms with van der Waals surface area (Å²) in [5.41, 5.74) is 11.1. The van der Waals surface area contributed by atoms with E-state index >= 15 is 0 Å². The zero-order chi connectivity index (χ0) is 12.5. The van der Waals surface area contributed by atoms with E-state index in [9.17, 15) is 0 Å². The lowest BCUT2D eigenvalue weighted by Crippen LogP contribution is -2.55. The Balaban J connectivity index is 5.82. The first-order valence-electron chi connectivity index (χ1n) is 4.60. The average Bonchev–Trinajstić information content (AvgIpc) is 2.01. The van der Waals surface area contributed by atoms with Crippen molar-refractivity contribution in [1.29, 1.82) is 10.8 Å². The van der Waals surface area contributed by atoms with Gasteiger partial charge in [0, 0.05) is 10.5 Å². The molecule has 4 nitrogen and oxygen atoms in total. The van der Waals surface area contributed by atoms with Crippen molar-refractivity contribution in [2.75, 3.05) is 0 Å². The molecule has 0 saturated carbocycles. The van der Waals surface area contributed by atoms with Crippen molar-refractivity contribution in [3.05, 3.63) is 0 Å². The van der Waals surface area contributed by atoms with Crippen LogP contribution in [0.2, 0.25) is 0 Å². The summed E-state index contributed by atoms with van der Waals surface area (Å²) in [6.07, 6.45) is 0. The Morgan fingerprint density at radius 2 is 1.47 bits per heavy atom. The minimum Gasteiger partial charge on any atom is -0.379 e. The Morgan fingerprint density at radius 3 is 1.53 bits per heavy atom. The van der Waals surface area contributed by atoms with Crippen molar-refractivity contribution in [2.45, 2.75) is 38.2 Å². The molecule has 0 aromatic rings. The van der Waals surface area contributed by atoms with Crippen LogP contribution in [0.3, 0.4) is 0 Å². The van der Waals surface area contributed by atoms with Gasteiger partial charge < -0.3 is 11.5 Å². The summed E-state index contributed by atoms with van der Waals surface area (Å²) in [6.45, 7) is 5.02. The van der Waals surface area contributed by atoms with Gasteiger partial charge >= 0.3 is 0 Å². The fraction of sp³-hybridized carbons (Fsp3) is 0.750. The number of rotatable bonds is 2. The predicted molar refractivity (Wildman–Crippen MR) is 76.4 cm³/mol. The van der Waals surface area contributed by atoms with Gasteiger partial charge in [0.1, 0.15) is 5.17 Å². The maximum absolute atomic E-state index is 7.80. The molecular formula is C8H20N4S3. The molecule has 0 amide bonds. The average molecular weight is 268 g/mol. The summed E-state index contributed by atoms with van der Waals surface area (Å²) < 4.78 is 0. The lowest BCUT2D eigenvalue weighted by Gasteiger charge is -2.50. The molecule has 7 heteroatoms. The van der Waals surface area contributed by atoms with Gasteiger partial charge in [-0.1, -0.05) is 45.6 Å². The molecular weight excluding hydrogens is 248 g/mol. The molecule has 0 aromatic carbocycles. The zero-order valence-electron chi connectivity index (χ0n) is 9.53. The van der Waals surface area contributed by atoms with E-state index < -0.39 is 6.75 Å². The van der Waals surface area contributed by atoms with Crippen LogP contribution in [-0.4, -0.2) is 20.8 Å². The van der Waals surface area contributed by atoms with Gasteiger partial charge in [0.2, 0.25) is 0 Å². The fourth-order valence-electron chi connectivity index (χ4n) is 1.47. The van der Waals surface area contributed by atoms with Crippen LogP contribution in [0.4, 0.5) is 0 Å². The second-order valence-corrected chi connectivity index (χ2v) is 14.3. The highest BCUT2D eigenvalue weighted by Crippen LogP contribution is 2.48. The van der Waals surface area contributed by atoms with Crippen LogP contribution in [0.15, 0.2) is 0 Å². The third-order valence-corrected chi connectivity index (χ3v) is 15.3. The third kappa shape index (κ3) is 2.19. The lowest BCUT2D eigenvalue weighted by atomic mass is 10.5. The van der Waals surface area contributed by atoms with E-state index in [0.29, 0.717) is 0 Å². The molecule has 15 heavy (non-hydrogen) atoms. The second kappa shape index (κ2) is 4.39. The van der Waals surface area contributed by atoms with Crippen LogP contribution in [0.1, 0.15) is 27.7 Å². The van der Waals surface area contributed by atoms with Crippen molar-refractivity contribution in [1.82, 2.24) is 0 Å². The Morgan fingerprint density at radius 1 is 1.13 bits per heavy atom. The Bertz CT molecular complexity index is 334. The Labute approximate surface area is 99.5 Å². The van der Waals surface area contributed by atoms with Crippen LogP contribution in [0.25, 0.3) is 0 Å². The Kier molecular flexibility index (Phi) is 4.35. The van der Waals surface area contributed by atoms with Crippen LogP contribution >= 0.6 is 10.8 Å². The van der Waals surface area contributed by atoms with Crippen LogP contribution in [0, 0.1) is 10.8 Å². The molecule has 0 saturated heterocycles. The molecule has 6 N–H and O–H groups in total. The number of hydrogen-bond acceptors (Lipinski definition) is 4. The summed E-state index contributed by atoms with van der Waals surface area (Å²) in [5.74, 6) is 0. The van der Waals surface area contributed by atoms with Gasteiger partial charge in [-0.05, 0) is 10.8 Å². The third-order valence-electron chi connectivity index (χ3n) is 2.48. The summed E-state index contributed by atoms with van der Waals surface area (Å²) >= 11 is 5.72. The molecule has 0 heterocycles. The number of amidine groups is 2. The molecule has 0 spiro atoms. The van der Waals surface area contributed by atoms with E-state index in [1.165, 1.54) is 0 Å². The summed E-state index contributed by atoms with van der Waals surface area (Å²) in [4.78, 5) is 0. The van der Waals surface area contributed by atoms with Gasteiger partial charge in [-0.3, -0.25) is 10.8 Å². The molecule has 0 atom stereocenters. The van der Waals surface area contributed by atoms with Crippen molar-refractivity contribution < 1.29 is 0 Å². The molecule has 0 aliphatic carbocycles. The van der Waals surface area contributed by atoms with Crippen LogP contribution in [0.5, 0.6) is 0 Å². The molecule has 0 unspecified atom stereocenters. The van der Waals surface area contributed by atoms with Crippen molar-refractivity contribution >= 4 is 39.1 Å². The molecule has 0 radical (unpaired) electrons. The fourth-order valence-corrected chi connectivity index (χ4v) is 7.62. The number of hydrogen-bond donors (Lipinski definition) is 4. The van der Waals surface area contributed by atoms with Gasteiger partial charge in [-0.2, -0.15) is 0 Å². The molecule has 0 aliphatic rings. The molecule has 0 fully saturated rings. The maximum Gasteiger partial charge on any atom is 0.161 e. The summed E-state index contributed by atoms with van der Waals surface area (Å²) in [7, 11) is 1.11. The van der Waals surface area contributed by atoms with Gasteiger partial charge in [0.05, 0.1) is 0 Å². The predicted octanol–water partition coefficient (Wildman–Crippen LogP) is 1.39. The smallest absolute Gasteiger partial charge is 0.161 e. The highest BCUT2D eigenvalue weighted by molar-refractivity contribution is 9.07. The quantitative estimate of drug-likeness (QED) is 0.345. The molecule has 0 aromatic heterocycles. The molecule has 90 valence electrons. The van der Waals surface area contributed by atoms with Crippen LogP contribution < -0.4 is 11.5 Å². The highest BCUT2D eigenvalue weighted by atomic mass is 33.4. The van der Waals surface area contributed by atoms with E-state index in [2.05, 4.69) is 0 Å². The number of nitrogens with one attached hydrogen (secondary N) is 2. The normalized spacial score (nSPS) is 14.9. The topological polar surface area (TPSA) is 99.7 Å². The first-order chi connectivity index (χ1) is 6.57. The van der Waals surface area contributed by atoms with E-state index in [1.54, 1.807) is 0 Å². The molecule has 0 aliphatic heterocycles. The standard InChI is InChI=1S/C8H20N4S3/c1-5(2)15(13,6(3)4,8(11)12)14-7(9)10/h5-6H,1-4H3,(H3,9,10)(H3,11,12). The largest absolute Gasteiger partial charge is 0.379 e. The second-order valence-electron chi connectivity index (χ2n) is 3.90.